The van der Waals surface area contributed by atoms with Gasteiger partial charge in [-0.25, -0.2) is 4.98 Å². The number of hydrogen-bond donors (Lipinski definition) is 2. The van der Waals surface area contributed by atoms with Crippen molar-refractivity contribution in [2.45, 2.75) is 0 Å². The summed E-state index contributed by atoms with van der Waals surface area (Å²) in [5.74, 6) is 0.164. The summed E-state index contributed by atoms with van der Waals surface area (Å²) in [4.78, 5) is 8.46. The highest BCUT2D eigenvalue weighted by molar-refractivity contribution is 6.24. The summed E-state index contributed by atoms with van der Waals surface area (Å²) in [6, 6.07) is 14.5. The number of fused-ring (bicyclic) bond motifs is 1. The van der Waals surface area contributed by atoms with Gasteiger partial charge in [-0.15, -0.1) is 11.6 Å². The van der Waals surface area contributed by atoms with E-state index in [1.54, 1.807) is 12.1 Å². The van der Waals surface area contributed by atoms with Crippen molar-refractivity contribution in [3.8, 4) is 22.8 Å². The Morgan fingerprint density at radius 1 is 1.09 bits per heavy atom. The van der Waals surface area contributed by atoms with Crippen LogP contribution >= 0.6 is 11.6 Å². The molecule has 0 unspecified atom stereocenters. The van der Waals surface area contributed by atoms with Gasteiger partial charge in [0, 0.05) is 23.2 Å². The molecular formula is C17H13ClN2O2. The number of pyridine rings is 1. The van der Waals surface area contributed by atoms with Gasteiger partial charge in [0.15, 0.2) is 5.75 Å². The Kier molecular flexibility index (Phi) is 3.94. The molecule has 0 aliphatic rings. The molecule has 110 valence electrons. The van der Waals surface area contributed by atoms with E-state index in [4.69, 9.17) is 11.6 Å². The minimum absolute atomic E-state index is 0.0266. The van der Waals surface area contributed by atoms with Gasteiger partial charge < -0.3 is 10.2 Å². The van der Waals surface area contributed by atoms with Crippen LogP contribution in [-0.4, -0.2) is 27.3 Å². The maximum atomic E-state index is 10.3. The maximum Gasteiger partial charge on any atom is 0.150 e. The highest BCUT2D eigenvalue weighted by Crippen LogP contribution is 2.40. The molecule has 0 aliphatic heterocycles. The number of aromatic nitrogens is 1. The van der Waals surface area contributed by atoms with E-state index in [9.17, 15) is 10.2 Å². The molecule has 0 spiro atoms. The van der Waals surface area contributed by atoms with Crippen molar-refractivity contribution < 1.29 is 10.2 Å². The summed E-state index contributed by atoms with van der Waals surface area (Å²) < 4.78 is 0. The Labute approximate surface area is 132 Å². The standard InChI is InChI=1S/C17H13ClN2O2/c18-8-9-19-14-10-15(21)16-12(17(14)22)6-7-13(20-16)11-4-2-1-3-5-11/h1-7,9-10,21-22H,8H2. The number of phenolic OH excluding ortho intramolecular Hbond substituents is 2. The third-order valence-electron chi connectivity index (χ3n) is 3.28. The van der Waals surface area contributed by atoms with E-state index >= 15 is 0 Å². The van der Waals surface area contributed by atoms with Crippen LogP contribution in [0.1, 0.15) is 0 Å². The summed E-state index contributed by atoms with van der Waals surface area (Å²) in [6.45, 7) is 0. The SMILES string of the molecule is Oc1c(N=CCCl)cc(O)c2nc(-c3ccccc3)ccc12. The number of hydrogen-bond acceptors (Lipinski definition) is 4. The van der Waals surface area contributed by atoms with E-state index in [2.05, 4.69) is 9.98 Å². The molecule has 3 aromatic rings. The molecule has 1 heterocycles. The van der Waals surface area contributed by atoms with Crippen LogP contribution in [-0.2, 0) is 0 Å². The van der Waals surface area contributed by atoms with Crippen molar-refractivity contribution in [1.82, 2.24) is 4.98 Å². The van der Waals surface area contributed by atoms with Gasteiger partial charge >= 0.3 is 0 Å². The fourth-order valence-electron chi connectivity index (χ4n) is 2.25. The number of halogens is 1. The highest BCUT2D eigenvalue weighted by Gasteiger charge is 2.12. The van der Waals surface area contributed by atoms with Gasteiger partial charge in [-0.3, -0.25) is 4.99 Å². The van der Waals surface area contributed by atoms with E-state index in [0.717, 1.165) is 11.3 Å². The summed E-state index contributed by atoms with van der Waals surface area (Å²) in [5, 5.41) is 20.9. The zero-order valence-corrected chi connectivity index (χ0v) is 12.3. The average molecular weight is 313 g/mol. The summed E-state index contributed by atoms with van der Waals surface area (Å²) in [5.41, 5.74) is 2.26. The van der Waals surface area contributed by atoms with Crippen LogP contribution in [0.4, 0.5) is 5.69 Å². The number of rotatable bonds is 3. The molecule has 4 nitrogen and oxygen atoms in total. The quantitative estimate of drug-likeness (QED) is 0.431. The normalized spacial score (nSPS) is 11.3. The molecule has 0 bridgehead atoms. The van der Waals surface area contributed by atoms with Crippen LogP contribution in [0.15, 0.2) is 53.5 Å². The van der Waals surface area contributed by atoms with Crippen LogP contribution in [0.25, 0.3) is 22.2 Å². The lowest BCUT2D eigenvalue weighted by Gasteiger charge is -2.08. The van der Waals surface area contributed by atoms with Gasteiger partial charge in [-0.2, -0.15) is 0 Å². The zero-order valence-electron chi connectivity index (χ0n) is 11.6. The van der Waals surface area contributed by atoms with Crippen LogP contribution in [0.3, 0.4) is 0 Å². The fraction of sp³-hybridized carbons (Fsp3) is 0.0588. The fourth-order valence-corrected chi connectivity index (χ4v) is 2.32. The van der Waals surface area contributed by atoms with E-state index < -0.39 is 0 Å². The maximum absolute atomic E-state index is 10.3. The Morgan fingerprint density at radius 2 is 1.86 bits per heavy atom. The summed E-state index contributed by atoms with van der Waals surface area (Å²) in [7, 11) is 0. The third-order valence-corrected chi connectivity index (χ3v) is 3.42. The highest BCUT2D eigenvalue weighted by atomic mass is 35.5. The number of nitrogens with zero attached hydrogens (tertiary/aromatic N) is 2. The Morgan fingerprint density at radius 3 is 2.59 bits per heavy atom. The van der Waals surface area contributed by atoms with Crippen LogP contribution < -0.4 is 0 Å². The second-order valence-corrected chi connectivity index (χ2v) is 5.00. The van der Waals surface area contributed by atoms with Gasteiger partial charge in [0.2, 0.25) is 0 Å². The van der Waals surface area contributed by atoms with Crippen molar-refractivity contribution in [3.05, 3.63) is 48.5 Å². The molecule has 2 N–H and O–H groups in total. The third kappa shape index (κ3) is 2.61. The molecule has 0 amide bonds. The lowest BCUT2D eigenvalue weighted by Crippen LogP contribution is -1.87. The second kappa shape index (κ2) is 6.03. The number of phenols is 2. The number of alkyl halides is 1. The van der Waals surface area contributed by atoms with Crippen molar-refractivity contribution in [2.24, 2.45) is 4.99 Å². The second-order valence-electron chi connectivity index (χ2n) is 4.69. The van der Waals surface area contributed by atoms with Gasteiger partial charge in [0.05, 0.1) is 11.6 Å². The largest absolute Gasteiger partial charge is 0.506 e. The molecule has 5 heteroatoms. The molecule has 1 aromatic heterocycles. The molecule has 2 aromatic carbocycles. The minimum atomic E-state index is -0.0349. The molecule has 0 saturated carbocycles. The number of aromatic hydroxyl groups is 2. The Bertz CT molecular complexity index is 848. The van der Waals surface area contributed by atoms with Crippen molar-refractivity contribution in [2.75, 3.05) is 5.88 Å². The minimum Gasteiger partial charge on any atom is -0.506 e. The Balaban J connectivity index is 2.18. The van der Waals surface area contributed by atoms with Crippen molar-refractivity contribution >= 4 is 34.4 Å². The number of aliphatic imine (C=N–C) groups is 1. The molecule has 3 rings (SSSR count). The molecule has 0 fully saturated rings. The lowest BCUT2D eigenvalue weighted by molar-refractivity contribution is 0.470. The molecular weight excluding hydrogens is 300 g/mol. The molecule has 0 saturated heterocycles. The van der Waals surface area contributed by atoms with Crippen molar-refractivity contribution in [3.63, 3.8) is 0 Å². The molecule has 22 heavy (non-hydrogen) atoms. The molecule has 0 atom stereocenters. The van der Waals surface area contributed by atoms with Gasteiger partial charge in [0.25, 0.3) is 0 Å². The van der Waals surface area contributed by atoms with E-state index in [1.165, 1.54) is 12.3 Å². The first-order valence-electron chi connectivity index (χ1n) is 6.70. The van der Waals surface area contributed by atoms with E-state index in [-0.39, 0.29) is 23.1 Å². The summed E-state index contributed by atoms with van der Waals surface area (Å²) >= 11 is 5.54. The zero-order chi connectivity index (χ0) is 15.5. The average Bonchev–Trinajstić information content (AvgIpc) is 2.57. The first-order valence-corrected chi connectivity index (χ1v) is 7.23. The van der Waals surface area contributed by atoms with Gasteiger partial charge in [-0.05, 0) is 12.1 Å². The van der Waals surface area contributed by atoms with Crippen LogP contribution in [0.2, 0.25) is 0 Å². The predicted octanol–water partition coefficient (Wildman–Crippen LogP) is 4.25. The first kappa shape index (κ1) is 14.4. The first-order chi connectivity index (χ1) is 10.7. The van der Waals surface area contributed by atoms with Gasteiger partial charge in [0.1, 0.15) is 17.0 Å². The Hall–Kier alpha value is -2.59. The van der Waals surface area contributed by atoms with Crippen LogP contribution in [0.5, 0.6) is 11.5 Å². The topological polar surface area (TPSA) is 65.7 Å². The monoisotopic (exact) mass is 312 g/mol. The van der Waals surface area contributed by atoms with Crippen LogP contribution in [0, 0.1) is 0 Å². The molecule has 0 aliphatic carbocycles. The van der Waals surface area contributed by atoms with E-state index in [1.807, 2.05) is 30.3 Å². The lowest BCUT2D eigenvalue weighted by atomic mass is 10.1. The summed E-state index contributed by atoms with van der Waals surface area (Å²) in [6.07, 6.45) is 1.45. The predicted molar refractivity (Wildman–Crippen MR) is 89.4 cm³/mol. The smallest absolute Gasteiger partial charge is 0.150 e. The van der Waals surface area contributed by atoms with Gasteiger partial charge in [-0.1, -0.05) is 30.3 Å². The van der Waals surface area contributed by atoms with E-state index in [0.29, 0.717) is 10.9 Å². The number of benzene rings is 2. The molecule has 0 radical (unpaired) electrons. The van der Waals surface area contributed by atoms with Crippen molar-refractivity contribution in [1.29, 1.82) is 0 Å².